The average Bonchev–Trinajstić information content (AvgIpc) is 2.44. The number of hydrogen-bond acceptors (Lipinski definition) is 3. The summed E-state index contributed by atoms with van der Waals surface area (Å²) in [5.74, 6) is 1.24. The lowest BCUT2D eigenvalue weighted by Gasteiger charge is -2.18. The predicted octanol–water partition coefficient (Wildman–Crippen LogP) is 2.61. The fraction of sp³-hybridized carbons (Fsp3) is 0.588. The maximum absolute atomic E-state index is 11.9. The number of benzene rings is 1. The molecular weight excluding hydrogens is 312 g/mol. The van der Waals surface area contributed by atoms with Gasteiger partial charge < -0.3 is 15.4 Å². The van der Waals surface area contributed by atoms with Crippen molar-refractivity contribution in [3.63, 3.8) is 0 Å². The second-order valence-electron chi connectivity index (χ2n) is 6.59. The fourth-order valence-electron chi connectivity index (χ4n) is 1.81. The Kier molecular flexibility index (Phi) is 7.55. The zero-order valence-corrected chi connectivity index (χ0v) is 15.5. The van der Waals surface area contributed by atoms with Crippen LogP contribution in [0.4, 0.5) is 4.79 Å². The molecule has 0 spiro atoms. The van der Waals surface area contributed by atoms with Gasteiger partial charge >= 0.3 is 6.03 Å². The van der Waals surface area contributed by atoms with Crippen LogP contribution < -0.4 is 15.4 Å². The molecule has 5 nitrogen and oxygen atoms in total. The van der Waals surface area contributed by atoms with E-state index in [0.717, 1.165) is 11.3 Å². The third-order valence-electron chi connectivity index (χ3n) is 3.12. The number of nitrogens with one attached hydrogen (secondary N) is 2. The molecule has 6 heteroatoms. The topological polar surface area (TPSA) is 67.4 Å². The summed E-state index contributed by atoms with van der Waals surface area (Å²) in [6.45, 7) is 10.4. The van der Waals surface area contributed by atoms with E-state index in [1.165, 1.54) is 0 Å². The summed E-state index contributed by atoms with van der Waals surface area (Å²) in [6, 6.07) is 7.39. The molecule has 0 aliphatic carbocycles. The second kappa shape index (κ2) is 8.91. The molecule has 1 aromatic rings. The molecule has 130 valence electrons. The number of urea groups is 1. The monoisotopic (exact) mass is 340 g/mol. The van der Waals surface area contributed by atoms with Gasteiger partial charge in [0.2, 0.25) is 0 Å². The molecule has 2 N–H and O–H groups in total. The largest absolute Gasteiger partial charge is 0.491 e. The van der Waals surface area contributed by atoms with E-state index >= 15 is 0 Å². The quantitative estimate of drug-likeness (QED) is 0.802. The number of hydrogen-bond donors (Lipinski definition) is 2. The molecule has 1 rings (SSSR count). The lowest BCUT2D eigenvalue weighted by molar-refractivity contribution is 0.227. The van der Waals surface area contributed by atoms with Gasteiger partial charge in [-0.25, -0.2) is 4.79 Å². The van der Waals surface area contributed by atoms with Crippen LogP contribution in [0.5, 0.6) is 5.75 Å². The Morgan fingerprint density at radius 2 is 2.04 bits per heavy atom. The average molecular weight is 340 g/mol. The first-order valence-corrected chi connectivity index (χ1v) is 9.12. The summed E-state index contributed by atoms with van der Waals surface area (Å²) >= 11 is 0. The second-order valence-corrected chi connectivity index (χ2v) is 8.91. The van der Waals surface area contributed by atoms with Gasteiger partial charge in [-0.2, -0.15) is 0 Å². The van der Waals surface area contributed by atoms with Crippen LogP contribution in [0.25, 0.3) is 0 Å². The van der Waals surface area contributed by atoms with Crippen molar-refractivity contribution in [1.29, 1.82) is 0 Å². The number of ether oxygens (including phenoxy) is 1. The molecule has 0 radical (unpaired) electrons. The van der Waals surface area contributed by atoms with Crippen molar-refractivity contribution in [3.8, 4) is 5.75 Å². The molecule has 0 heterocycles. The van der Waals surface area contributed by atoms with E-state index in [1.807, 2.05) is 58.9 Å². The smallest absolute Gasteiger partial charge is 0.315 e. The normalized spacial score (nSPS) is 14.0. The molecule has 2 amide bonds. The van der Waals surface area contributed by atoms with Gasteiger partial charge in [-0.1, -0.05) is 12.1 Å². The van der Waals surface area contributed by atoms with Crippen molar-refractivity contribution in [2.24, 2.45) is 0 Å². The van der Waals surface area contributed by atoms with Gasteiger partial charge in [0.1, 0.15) is 12.4 Å². The van der Waals surface area contributed by atoms with Gasteiger partial charge in [0.15, 0.2) is 0 Å². The molecule has 23 heavy (non-hydrogen) atoms. The maximum atomic E-state index is 11.9. The number of carbonyl (C=O) groups excluding carboxylic acids is 1. The van der Waals surface area contributed by atoms with Gasteiger partial charge in [0, 0.05) is 27.8 Å². The Hall–Kier alpha value is -1.56. The van der Waals surface area contributed by atoms with E-state index < -0.39 is 10.8 Å². The lowest BCUT2D eigenvalue weighted by Crippen LogP contribution is -2.44. The number of rotatable bonds is 7. The molecular formula is C17H28N2O3S. The van der Waals surface area contributed by atoms with Crippen molar-refractivity contribution < 1.29 is 13.7 Å². The van der Waals surface area contributed by atoms with E-state index in [1.54, 1.807) is 0 Å². The Morgan fingerprint density at radius 1 is 1.35 bits per heavy atom. The summed E-state index contributed by atoms with van der Waals surface area (Å²) in [5.41, 5.74) is 1.13. The van der Waals surface area contributed by atoms with Gasteiger partial charge in [-0.15, -0.1) is 0 Å². The van der Waals surface area contributed by atoms with E-state index in [0.29, 0.717) is 18.9 Å². The summed E-state index contributed by atoms with van der Waals surface area (Å²) < 4.78 is 17.3. The highest BCUT2D eigenvalue weighted by atomic mass is 32.2. The Labute approximate surface area is 141 Å². The molecule has 1 aromatic carbocycles. The van der Waals surface area contributed by atoms with Crippen LogP contribution >= 0.6 is 0 Å². The van der Waals surface area contributed by atoms with E-state index in [-0.39, 0.29) is 16.8 Å². The SMILES string of the molecule is Cc1cccc(OC[C@H](C)NC(=O)NCC[S@@](=O)C(C)(C)C)c1. The highest BCUT2D eigenvalue weighted by Crippen LogP contribution is 2.12. The van der Waals surface area contributed by atoms with Crippen LogP contribution in [-0.4, -0.2) is 39.9 Å². The van der Waals surface area contributed by atoms with E-state index in [4.69, 9.17) is 4.74 Å². The summed E-state index contributed by atoms with van der Waals surface area (Å²) in [7, 11) is -0.964. The number of amides is 2. The third kappa shape index (κ3) is 8.02. The van der Waals surface area contributed by atoms with Crippen LogP contribution in [0.1, 0.15) is 33.3 Å². The molecule has 0 unspecified atom stereocenters. The summed E-state index contributed by atoms with van der Waals surface area (Å²) in [6.07, 6.45) is 0. The number of aryl methyl sites for hydroxylation is 1. The van der Waals surface area contributed by atoms with Crippen molar-refractivity contribution >= 4 is 16.8 Å². The minimum Gasteiger partial charge on any atom is -0.491 e. The zero-order chi connectivity index (χ0) is 17.5. The molecule has 0 fully saturated rings. The van der Waals surface area contributed by atoms with Crippen LogP contribution in [0, 0.1) is 6.92 Å². The summed E-state index contributed by atoms with van der Waals surface area (Å²) in [4.78, 5) is 11.8. The van der Waals surface area contributed by atoms with Crippen LogP contribution in [0.2, 0.25) is 0 Å². The van der Waals surface area contributed by atoms with Crippen LogP contribution in [0.3, 0.4) is 0 Å². The predicted molar refractivity (Wildman–Crippen MR) is 95.4 cm³/mol. The highest BCUT2D eigenvalue weighted by Gasteiger charge is 2.19. The van der Waals surface area contributed by atoms with Crippen LogP contribution in [0.15, 0.2) is 24.3 Å². The minimum absolute atomic E-state index is 0.122. The van der Waals surface area contributed by atoms with Crippen LogP contribution in [-0.2, 0) is 10.8 Å². The molecule has 0 bridgehead atoms. The van der Waals surface area contributed by atoms with Crippen molar-refractivity contribution in [1.82, 2.24) is 10.6 Å². The Morgan fingerprint density at radius 3 is 2.65 bits per heavy atom. The lowest BCUT2D eigenvalue weighted by atomic mass is 10.2. The fourth-order valence-corrected chi connectivity index (χ4v) is 2.71. The van der Waals surface area contributed by atoms with Gasteiger partial charge in [0.25, 0.3) is 0 Å². The molecule has 0 saturated heterocycles. The first-order valence-electron chi connectivity index (χ1n) is 7.81. The van der Waals surface area contributed by atoms with Gasteiger partial charge in [-0.3, -0.25) is 4.21 Å². The molecule has 0 aromatic heterocycles. The highest BCUT2D eigenvalue weighted by molar-refractivity contribution is 7.86. The zero-order valence-electron chi connectivity index (χ0n) is 14.6. The van der Waals surface area contributed by atoms with Crippen molar-refractivity contribution in [2.75, 3.05) is 18.9 Å². The molecule has 0 saturated carbocycles. The standard InChI is InChI=1S/C17H28N2O3S/c1-13-7-6-8-15(11-13)22-12-14(2)19-16(20)18-9-10-23(21)17(3,4)5/h6-8,11,14H,9-10,12H2,1-5H3,(H2,18,19,20)/t14-,23+/m0/s1. The van der Waals surface area contributed by atoms with Crippen molar-refractivity contribution in [2.45, 2.75) is 45.4 Å². The molecule has 0 aliphatic heterocycles. The summed E-state index contributed by atoms with van der Waals surface area (Å²) in [5, 5.41) is 5.53. The van der Waals surface area contributed by atoms with Gasteiger partial charge in [-0.05, 0) is 52.3 Å². The Balaban J connectivity index is 2.25. The molecule has 0 aliphatic rings. The van der Waals surface area contributed by atoms with Crippen molar-refractivity contribution in [3.05, 3.63) is 29.8 Å². The Bertz CT molecular complexity index is 541. The first kappa shape index (κ1) is 19.5. The minimum atomic E-state index is -0.964. The van der Waals surface area contributed by atoms with Gasteiger partial charge in [0.05, 0.1) is 6.04 Å². The molecule has 2 atom stereocenters. The third-order valence-corrected chi connectivity index (χ3v) is 5.06. The number of carbonyl (C=O) groups is 1. The van der Waals surface area contributed by atoms with E-state index in [2.05, 4.69) is 10.6 Å². The maximum Gasteiger partial charge on any atom is 0.315 e. The van der Waals surface area contributed by atoms with E-state index in [9.17, 15) is 9.00 Å². The first-order chi connectivity index (χ1) is 10.7.